The lowest BCUT2D eigenvalue weighted by Crippen LogP contribution is -2.34. The molecule has 0 aromatic heterocycles. The van der Waals surface area contributed by atoms with Crippen molar-refractivity contribution in [3.8, 4) is 5.75 Å². The Hall–Kier alpha value is -3.32. The van der Waals surface area contributed by atoms with Crippen molar-refractivity contribution in [3.63, 3.8) is 0 Å². The van der Waals surface area contributed by atoms with Crippen LogP contribution in [0.1, 0.15) is 16.7 Å². The first-order valence-corrected chi connectivity index (χ1v) is 9.11. The van der Waals surface area contributed by atoms with Gasteiger partial charge in [0.2, 0.25) is 0 Å². The first kappa shape index (κ1) is 17.1. The molecule has 4 rings (SSSR count). The van der Waals surface area contributed by atoms with Crippen LogP contribution in [0, 0.1) is 6.92 Å². The van der Waals surface area contributed by atoms with Gasteiger partial charge in [-0.15, -0.1) is 0 Å². The molecule has 1 nitrogen and oxygen atoms in total. The Bertz CT molecular complexity index is 1080. The van der Waals surface area contributed by atoms with E-state index in [1.807, 2.05) is 12.2 Å². The SMILES string of the molecule is C=C/C=C(\C=C)[C@@]1(c2ccc(C)cc2)C=Cc2c(ccc3ccccc23)O1. The molecule has 3 aromatic rings. The van der Waals surface area contributed by atoms with Crippen molar-refractivity contribution in [1.82, 2.24) is 0 Å². The third-order valence-corrected chi connectivity index (χ3v) is 5.11. The topological polar surface area (TPSA) is 9.23 Å². The zero-order valence-electron chi connectivity index (χ0n) is 15.5. The highest BCUT2D eigenvalue weighted by molar-refractivity contribution is 5.94. The Morgan fingerprint density at radius 3 is 2.48 bits per heavy atom. The third kappa shape index (κ3) is 2.82. The molecule has 132 valence electrons. The van der Waals surface area contributed by atoms with Gasteiger partial charge in [0.25, 0.3) is 0 Å². The predicted octanol–water partition coefficient (Wildman–Crippen LogP) is 6.75. The fourth-order valence-electron chi connectivity index (χ4n) is 3.69. The van der Waals surface area contributed by atoms with Crippen LogP contribution in [0.25, 0.3) is 16.8 Å². The summed E-state index contributed by atoms with van der Waals surface area (Å²) in [5.74, 6) is 0.869. The van der Waals surface area contributed by atoms with Crippen LogP contribution >= 0.6 is 0 Å². The lowest BCUT2D eigenvalue weighted by molar-refractivity contribution is 0.160. The van der Waals surface area contributed by atoms with Crippen LogP contribution in [0.2, 0.25) is 0 Å². The van der Waals surface area contributed by atoms with Gasteiger partial charge in [-0.1, -0.05) is 91.5 Å². The lowest BCUT2D eigenvalue weighted by Gasteiger charge is -2.37. The number of benzene rings is 3. The van der Waals surface area contributed by atoms with E-state index in [2.05, 4.69) is 92.9 Å². The van der Waals surface area contributed by atoms with E-state index in [1.54, 1.807) is 6.08 Å². The number of ether oxygens (including phenoxy) is 1. The van der Waals surface area contributed by atoms with Crippen LogP contribution in [-0.4, -0.2) is 0 Å². The van der Waals surface area contributed by atoms with E-state index >= 15 is 0 Å². The molecule has 3 aromatic carbocycles. The van der Waals surface area contributed by atoms with E-state index in [0.717, 1.165) is 22.4 Å². The van der Waals surface area contributed by atoms with Crippen molar-refractivity contribution >= 4 is 16.8 Å². The maximum absolute atomic E-state index is 6.69. The Morgan fingerprint density at radius 1 is 0.963 bits per heavy atom. The van der Waals surface area contributed by atoms with Crippen molar-refractivity contribution in [2.24, 2.45) is 0 Å². The molecule has 0 unspecified atom stereocenters. The Labute approximate surface area is 160 Å². The minimum atomic E-state index is -0.723. The van der Waals surface area contributed by atoms with Crippen molar-refractivity contribution in [1.29, 1.82) is 0 Å². The monoisotopic (exact) mass is 350 g/mol. The third-order valence-electron chi connectivity index (χ3n) is 5.11. The zero-order valence-corrected chi connectivity index (χ0v) is 15.5. The van der Waals surface area contributed by atoms with E-state index in [0.29, 0.717) is 0 Å². The predicted molar refractivity (Wildman–Crippen MR) is 115 cm³/mol. The molecule has 1 atom stereocenters. The van der Waals surface area contributed by atoms with Crippen molar-refractivity contribution in [2.45, 2.75) is 12.5 Å². The Balaban J connectivity index is 1.94. The number of fused-ring (bicyclic) bond motifs is 3. The van der Waals surface area contributed by atoms with Gasteiger partial charge in [-0.25, -0.2) is 0 Å². The van der Waals surface area contributed by atoms with E-state index in [4.69, 9.17) is 4.74 Å². The highest BCUT2D eigenvalue weighted by Gasteiger charge is 2.37. The number of hydrogen-bond acceptors (Lipinski definition) is 1. The van der Waals surface area contributed by atoms with Crippen LogP contribution in [0.3, 0.4) is 0 Å². The van der Waals surface area contributed by atoms with Gasteiger partial charge >= 0.3 is 0 Å². The van der Waals surface area contributed by atoms with E-state index < -0.39 is 5.60 Å². The summed E-state index contributed by atoms with van der Waals surface area (Å²) in [4.78, 5) is 0. The minimum absolute atomic E-state index is 0.723. The molecular weight excluding hydrogens is 328 g/mol. The van der Waals surface area contributed by atoms with Gasteiger partial charge in [-0.3, -0.25) is 0 Å². The fraction of sp³-hybridized carbons (Fsp3) is 0.0769. The summed E-state index contributed by atoms with van der Waals surface area (Å²) >= 11 is 0. The van der Waals surface area contributed by atoms with Crippen LogP contribution in [0.15, 0.2) is 104 Å². The number of allylic oxidation sites excluding steroid dienone is 2. The quantitative estimate of drug-likeness (QED) is 0.473. The normalized spacial score (nSPS) is 18.6. The number of hydrogen-bond donors (Lipinski definition) is 0. The number of rotatable bonds is 4. The van der Waals surface area contributed by atoms with Gasteiger partial charge in [0.1, 0.15) is 5.75 Å². The molecule has 0 amide bonds. The Kier molecular flexibility index (Phi) is 4.29. The van der Waals surface area contributed by atoms with Gasteiger partial charge in [-0.05, 0) is 35.9 Å². The molecule has 1 aliphatic heterocycles. The molecule has 0 fully saturated rings. The molecule has 0 saturated carbocycles. The fourth-order valence-corrected chi connectivity index (χ4v) is 3.69. The summed E-state index contributed by atoms with van der Waals surface area (Å²) < 4.78 is 6.69. The first-order chi connectivity index (χ1) is 13.2. The smallest absolute Gasteiger partial charge is 0.178 e. The summed E-state index contributed by atoms with van der Waals surface area (Å²) in [5, 5.41) is 2.40. The minimum Gasteiger partial charge on any atom is -0.473 e. The molecule has 27 heavy (non-hydrogen) atoms. The second kappa shape index (κ2) is 6.77. The summed E-state index contributed by atoms with van der Waals surface area (Å²) in [6, 6.07) is 21.0. The molecule has 0 N–H and O–H groups in total. The molecule has 0 aliphatic carbocycles. The molecular formula is C26H22O. The van der Waals surface area contributed by atoms with Gasteiger partial charge in [0, 0.05) is 16.7 Å². The second-order valence-electron chi connectivity index (χ2n) is 6.80. The molecule has 0 bridgehead atoms. The second-order valence-corrected chi connectivity index (χ2v) is 6.80. The maximum Gasteiger partial charge on any atom is 0.178 e. The molecule has 0 radical (unpaired) electrons. The van der Waals surface area contributed by atoms with E-state index in [1.165, 1.54) is 16.3 Å². The average Bonchev–Trinajstić information content (AvgIpc) is 2.72. The highest BCUT2D eigenvalue weighted by atomic mass is 16.5. The van der Waals surface area contributed by atoms with Crippen LogP contribution in [0.5, 0.6) is 5.75 Å². The summed E-state index contributed by atoms with van der Waals surface area (Å²) in [7, 11) is 0. The molecule has 1 heteroatoms. The molecule has 0 spiro atoms. The summed E-state index contributed by atoms with van der Waals surface area (Å²) in [5.41, 5.74) is 3.62. The summed E-state index contributed by atoms with van der Waals surface area (Å²) in [6.45, 7) is 9.97. The van der Waals surface area contributed by atoms with Crippen LogP contribution in [0.4, 0.5) is 0 Å². The largest absolute Gasteiger partial charge is 0.473 e. The van der Waals surface area contributed by atoms with Crippen molar-refractivity contribution < 1.29 is 4.74 Å². The standard InChI is InChI=1S/C26H22O/c1-4-8-21(5-2)26(22-14-11-19(3)12-15-22)18-17-24-23-10-7-6-9-20(23)13-16-25(24)27-26/h4-18H,1-2H2,3H3/b21-8+/t26-/m1/s1. The molecule has 1 aliphatic rings. The average molecular weight is 350 g/mol. The highest BCUT2D eigenvalue weighted by Crippen LogP contribution is 2.44. The van der Waals surface area contributed by atoms with Crippen LogP contribution in [-0.2, 0) is 5.60 Å². The molecule has 1 heterocycles. The van der Waals surface area contributed by atoms with E-state index in [9.17, 15) is 0 Å². The maximum atomic E-state index is 6.69. The van der Waals surface area contributed by atoms with Crippen LogP contribution < -0.4 is 4.74 Å². The zero-order chi connectivity index (χ0) is 18.9. The van der Waals surface area contributed by atoms with Gasteiger partial charge in [0.15, 0.2) is 5.60 Å². The van der Waals surface area contributed by atoms with Crippen molar-refractivity contribution in [2.75, 3.05) is 0 Å². The first-order valence-electron chi connectivity index (χ1n) is 9.11. The van der Waals surface area contributed by atoms with Gasteiger partial charge in [0.05, 0.1) is 0 Å². The van der Waals surface area contributed by atoms with Gasteiger partial charge in [-0.2, -0.15) is 0 Å². The molecule has 0 saturated heterocycles. The van der Waals surface area contributed by atoms with Crippen molar-refractivity contribution in [3.05, 3.63) is 120 Å². The number of aryl methyl sites for hydroxylation is 1. The van der Waals surface area contributed by atoms with E-state index in [-0.39, 0.29) is 0 Å². The van der Waals surface area contributed by atoms with Gasteiger partial charge < -0.3 is 4.74 Å². The summed E-state index contributed by atoms with van der Waals surface area (Å²) in [6.07, 6.45) is 9.88. The lowest BCUT2D eigenvalue weighted by atomic mass is 9.82. The Morgan fingerprint density at radius 2 is 1.74 bits per heavy atom.